The zero-order valence-electron chi connectivity index (χ0n) is 8.34. The molecular formula is C7H11N3O5S. The van der Waals surface area contributed by atoms with E-state index in [2.05, 4.69) is 9.97 Å². The van der Waals surface area contributed by atoms with Crippen LogP contribution in [0.15, 0.2) is 11.2 Å². The number of carboxylic acids is 1. The number of hydrogen-bond donors (Lipinski definition) is 4. The van der Waals surface area contributed by atoms with E-state index in [4.69, 9.17) is 10.2 Å². The fourth-order valence-corrected chi connectivity index (χ4v) is 2.10. The monoisotopic (exact) mass is 249 g/mol. The Kier molecular flexibility index (Phi) is 3.62. The van der Waals surface area contributed by atoms with Gasteiger partial charge in [0.25, 0.3) is 10.0 Å². The number of aliphatic carboxylic acids is 1. The maximum atomic E-state index is 11.6. The molecular weight excluding hydrogens is 238 g/mol. The van der Waals surface area contributed by atoms with E-state index in [1.54, 1.807) is 6.92 Å². The summed E-state index contributed by atoms with van der Waals surface area (Å²) in [7, 11) is -4.00. The number of aliphatic hydroxyl groups is 1. The molecule has 0 aliphatic carbocycles. The minimum Gasteiger partial charge on any atom is -0.480 e. The summed E-state index contributed by atoms with van der Waals surface area (Å²) in [5.74, 6) is -1.07. The molecule has 1 heterocycles. The second kappa shape index (κ2) is 4.60. The van der Waals surface area contributed by atoms with E-state index < -0.39 is 28.6 Å². The molecule has 4 N–H and O–H groups in total. The van der Waals surface area contributed by atoms with Gasteiger partial charge in [-0.15, -0.1) is 0 Å². The van der Waals surface area contributed by atoms with Crippen LogP contribution in [0.3, 0.4) is 0 Å². The summed E-state index contributed by atoms with van der Waals surface area (Å²) in [6.07, 6.45) is 1.06. The third-order valence-electron chi connectivity index (χ3n) is 1.75. The third kappa shape index (κ3) is 2.78. The number of aromatic amines is 1. The summed E-state index contributed by atoms with van der Waals surface area (Å²) in [5.41, 5.74) is 0. The predicted octanol–water partition coefficient (Wildman–Crippen LogP) is -1.56. The largest absolute Gasteiger partial charge is 0.480 e. The number of rotatable bonds is 5. The zero-order valence-corrected chi connectivity index (χ0v) is 9.15. The highest BCUT2D eigenvalue weighted by Crippen LogP contribution is 2.05. The normalized spacial score (nSPS) is 13.6. The molecule has 0 spiro atoms. The average molecular weight is 249 g/mol. The van der Waals surface area contributed by atoms with Crippen molar-refractivity contribution in [2.75, 3.05) is 6.61 Å². The van der Waals surface area contributed by atoms with Gasteiger partial charge < -0.3 is 15.2 Å². The Morgan fingerprint density at radius 3 is 2.69 bits per heavy atom. The first-order valence-electron chi connectivity index (χ1n) is 4.24. The molecule has 0 aromatic carbocycles. The molecule has 0 saturated carbocycles. The van der Waals surface area contributed by atoms with Gasteiger partial charge in [-0.05, 0) is 6.92 Å². The molecule has 90 valence electrons. The van der Waals surface area contributed by atoms with Crippen molar-refractivity contribution in [1.29, 1.82) is 0 Å². The van der Waals surface area contributed by atoms with Gasteiger partial charge in [-0.1, -0.05) is 0 Å². The van der Waals surface area contributed by atoms with Gasteiger partial charge in [0.05, 0.1) is 12.8 Å². The molecule has 0 aliphatic rings. The zero-order chi connectivity index (χ0) is 12.3. The van der Waals surface area contributed by atoms with Crippen LogP contribution < -0.4 is 4.72 Å². The number of nitrogens with one attached hydrogen (secondary N) is 2. The Morgan fingerprint density at radius 1 is 1.69 bits per heavy atom. The maximum Gasteiger partial charge on any atom is 0.324 e. The van der Waals surface area contributed by atoms with Crippen LogP contribution in [0.2, 0.25) is 0 Å². The number of aromatic nitrogens is 2. The Labute approximate surface area is 91.4 Å². The Hall–Kier alpha value is -1.45. The van der Waals surface area contributed by atoms with Crippen LogP contribution in [0.5, 0.6) is 0 Å². The molecule has 1 rings (SSSR count). The lowest BCUT2D eigenvalue weighted by molar-refractivity contribution is -0.139. The average Bonchev–Trinajstić information content (AvgIpc) is 2.61. The van der Waals surface area contributed by atoms with Crippen molar-refractivity contribution in [1.82, 2.24) is 14.7 Å². The van der Waals surface area contributed by atoms with Gasteiger partial charge in [-0.3, -0.25) is 4.79 Å². The van der Waals surface area contributed by atoms with Gasteiger partial charge in [0, 0.05) is 0 Å². The van der Waals surface area contributed by atoms with Gasteiger partial charge >= 0.3 is 5.97 Å². The van der Waals surface area contributed by atoms with Crippen molar-refractivity contribution in [2.24, 2.45) is 0 Å². The minimum absolute atomic E-state index is 0.246. The van der Waals surface area contributed by atoms with Crippen molar-refractivity contribution in [3.63, 3.8) is 0 Å². The van der Waals surface area contributed by atoms with E-state index in [0.717, 1.165) is 6.20 Å². The molecule has 0 bridgehead atoms. The molecule has 1 atom stereocenters. The first kappa shape index (κ1) is 12.6. The quantitative estimate of drug-likeness (QED) is 0.499. The second-order valence-electron chi connectivity index (χ2n) is 3.03. The van der Waals surface area contributed by atoms with Crippen LogP contribution in [0.4, 0.5) is 0 Å². The molecule has 9 heteroatoms. The second-order valence-corrected chi connectivity index (χ2v) is 4.71. The fraction of sp³-hybridized carbons (Fsp3) is 0.429. The molecule has 0 amide bonds. The van der Waals surface area contributed by atoms with E-state index in [0.29, 0.717) is 5.82 Å². The summed E-state index contributed by atoms with van der Waals surface area (Å²) in [6, 6.07) is -1.58. The van der Waals surface area contributed by atoms with Gasteiger partial charge in [0.15, 0.2) is 5.03 Å². The van der Waals surface area contributed by atoms with Gasteiger partial charge in [-0.25, -0.2) is 13.4 Å². The van der Waals surface area contributed by atoms with Crippen molar-refractivity contribution < 1.29 is 23.4 Å². The Balaban J connectivity index is 2.91. The smallest absolute Gasteiger partial charge is 0.324 e. The number of sulfonamides is 1. The number of imidazole rings is 1. The Bertz CT molecular complexity index is 480. The predicted molar refractivity (Wildman–Crippen MR) is 52.2 cm³/mol. The summed E-state index contributed by atoms with van der Waals surface area (Å²) in [4.78, 5) is 16.7. The number of aliphatic hydroxyl groups excluding tert-OH is 1. The molecule has 0 unspecified atom stereocenters. The number of carbonyl (C=O) groups is 1. The first-order valence-corrected chi connectivity index (χ1v) is 5.72. The lowest BCUT2D eigenvalue weighted by Gasteiger charge is -2.10. The summed E-state index contributed by atoms with van der Waals surface area (Å²) >= 11 is 0. The highest BCUT2D eigenvalue weighted by molar-refractivity contribution is 7.89. The van der Waals surface area contributed by atoms with Crippen LogP contribution in [0, 0.1) is 6.92 Å². The molecule has 0 saturated heterocycles. The first-order chi connectivity index (χ1) is 7.36. The van der Waals surface area contributed by atoms with E-state index in [-0.39, 0.29) is 5.03 Å². The molecule has 1 aromatic rings. The van der Waals surface area contributed by atoms with Crippen molar-refractivity contribution in [2.45, 2.75) is 18.0 Å². The van der Waals surface area contributed by atoms with Crippen LogP contribution in [-0.4, -0.2) is 47.2 Å². The number of nitrogens with zero attached hydrogens (tertiary/aromatic N) is 1. The maximum absolute atomic E-state index is 11.6. The third-order valence-corrected chi connectivity index (χ3v) is 3.13. The fourth-order valence-electron chi connectivity index (χ4n) is 0.951. The number of aryl methyl sites for hydroxylation is 1. The minimum atomic E-state index is -4.00. The van der Waals surface area contributed by atoms with E-state index in [1.165, 1.54) is 0 Å². The molecule has 16 heavy (non-hydrogen) atoms. The van der Waals surface area contributed by atoms with E-state index in [9.17, 15) is 13.2 Å². The van der Waals surface area contributed by atoms with Crippen LogP contribution in [-0.2, 0) is 14.8 Å². The topological polar surface area (TPSA) is 132 Å². The van der Waals surface area contributed by atoms with Crippen LogP contribution in [0.25, 0.3) is 0 Å². The summed E-state index contributed by atoms with van der Waals surface area (Å²) < 4.78 is 24.9. The lowest BCUT2D eigenvalue weighted by Crippen LogP contribution is -2.43. The van der Waals surface area contributed by atoms with Gasteiger partial charge in [0.2, 0.25) is 0 Å². The number of hydrogen-bond acceptors (Lipinski definition) is 5. The summed E-state index contributed by atoms with van der Waals surface area (Å²) in [5, 5.41) is 17.0. The number of carboxylic acid groups (broad SMARTS) is 1. The van der Waals surface area contributed by atoms with Gasteiger partial charge in [0.1, 0.15) is 11.9 Å². The Morgan fingerprint density at radius 2 is 2.31 bits per heavy atom. The van der Waals surface area contributed by atoms with Gasteiger partial charge in [-0.2, -0.15) is 4.72 Å². The number of H-pyrrole nitrogens is 1. The molecule has 0 aliphatic heterocycles. The highest BCUT2D eigenvalue weighted by atomic mass is 32.2. The van der Waals surface area contributed by atoms with E-state index >= 15 is 0 Å². The molecule has 1 aromatic heterocycles. The van der Waals surface area contributed by atoms with Crippen molar-refractivity contribution >= 4 is 16.0 Å². The standard InChI is InChI=1S/C7H11N3O5S/c1-4-8-2-6(9-4)16(14,15)10-5(3-11)7(12)13/h2,5,10-11H,3H2,1H3,(H,8,9)(H,12,13)/t5-/m0/s1. The summed E-state index contributed by atoms with van der Waals surface area (Å²) in [6.45, 7) is 0.724. The van der Waals surface area contributed by atoms with Crippen molar-refractivity contribution in [3.05, 3.63) is 12.0 Å². The van der Waals surface area contributed by atoms with Crippen LogP contribution in [0.1, 0.15) is 5.82 Å². The van der Waals surface area contributed by atoms with E-state index in [1.807, 2.05) is 4.72 Å². The molecule has 8 nitrogen and oxygen atoms in total. The highest BCUT2D eigenvalue weighted by Gasteiger charge is 2.25. The molecule has 0 radical (unpaired) electrons. The van der Waals surface area contributed by atoms with Crippen LogP contribution >= 0.6 is 0 Å². The van der Waals surface area contributed by atoms with Crippen molar-refractivity contribution in [3.8, 4) is 0 Å². The molecule has 0 fully saturated rings. The lowest BCUT2D eigenvalue weighted by atomic mass is 10.3. The SMILES string of the molecule is Cc1ncc(S(=O)(=O)N[C@@H](CO)C(=O)O)[nH]1.